The second-order valence-electron chi connectivity index (χ2n) is 7.68. The number of carbonyl (C=O) groups is 4. The molecule has 2 aromatic carbocycles. The molecule has 0 aliphatic heterocycles. The van der Waals surface area contributed by atoms with Gasteiger partial charge in [-0.25, -0.2) is 9.59 Å². The Morgan fingerprint density at radius 2 is 1.33 bits per heavy atom. The van der Waals surface area contributed by atoms with Crippen molar-refractivity contribution in [3.8, 4) is 0 Å². The van der Waals surface area contributed by atoms with Crippen LogP contribution in [-0.2, 0) is 37.1 Å². The van der Waals surface area contributed by atoms with E-state index in [1.807, 2.05) is 12.1 Å². The van der Waals surface area contributed by atoms with Gasteiger partial charge in [0.05, 0.1) is 6.42 Å². The van der Waals surface area contributed by atoms with Gasteiger partial charge in [-0.3, -0.25) is 9.59 Å². The topological polar surface area (TPSA) is 131 Å². The summed E-state index contributed by atoms with van der Waals surface area (Å²) in [6.07, 6.45) is -1.38. The Morgan fingerprint density at radius 1 is 0.818 bits per heavy atom. The van der Waals surface area contributed by atoms with Crippen LogP contribution in [0.15, 0.2) is 60.7 Å². The molecule has 2 amide bonds. The van der Waals surface area contributed by atoms with Crippen molar-refractivity contribution in [3.05, 3.63) is 71.8 Å². The Labute approximate surface area is 192 Å². The first-order chi connectivity index (χ1) is 15.8. The van der Waals surface area contributed by atoms with Gasteiger partial charge in [0.2, 0.25) is 5.91 Å². The highest BCUT2D eigenvalue weighted by molar-refractivity contribution is 5.91. The molecule has 9 nitrogen and oxygen atoms in total. The smallest absolute Gasteiger partial charge is 0.408 e. The summed E-state index contributed by atoms with van der Waals surface area (Å²) >= 11 is 0. The molecule has 2 atom stereocenters. The van der Waals surface area contributed by atoms with Crippen molar-refractivity contribution in [2.45, 2.75) is 45.6 Å². The lowest BCUT2D eigenvalue weighted by Gasteiger charge is -2.23. The van der Waals surface area contributed by atoms with E-state index in [4.69, 9.17) is 9.47 Å². The molecule has 0 bridgehead atoms. The van der Waals surface area contributed by atoms with Crippen molar-refractivity contribution >= 4 is 23.9 Å². The predicted octanol–water partition coefficient (Wildman–Crippen LogP) is 2.64. The van der Waals surface area contributed by atoms with Crippen LogP contribution in [0.2, 0.25) is 0 Å². The fourth-order valence-corrected chi connectivity index (χ4v) is 2.85. The number of amides is 2. The standard InChI is InChI=1S/C24H28N2O7/c1-16(2)21(26-24(31)33-15-18-11-7-4-8-12-18)22(28)25-19(23(29)30)13-20(27)32-14-17-9-5-3-6-10-17/h3-12,16,19,21H,13-15H2,1-2H3,(H,25,28)(H,26,31)(H,29,30)/t19-,21+/m1/s1. The molecule has 3 N–H and O–H groups in total. The first-order valence-corrected chi connectivity index (χ1v) is 10.5. The quantitative estimate of drug-likeness (QED) is 0.443. The molecular formula is C24H28N2O7. The zero-order valence-corrected chi connectivity index (χ0v) is 18.5. The van der Waals surface area contributed by atoms with E-state index in [2.05, 4.69) is 10.6 Å². The minimum atomic E-state index is -1.51. The minimum Gasteiger partial charge on any atom is -0.480 e. The number of hydrogen-bond donors (Lipinski definition) is 3. The van der Waals surface area contributed by atoms with E-state index in [1.54, 1.807) is 62.4 Å². The average molecular weight is 456 g/mol. The summed E-state index contributed by atoms with van der Waals surface area (Å²) in [5.41, 5.74) is 1.53. The summed E-state index contributed by atoms with van der Waals surface area (Å²) in [6, 6.07) is 15.4. The molecule has 176 valence electrons. The molecule has 0 aromatic heterocycles. The molecule has 0 saturated carbocycles. The van der Waals surface area contributed by atoms with Crippen molar-refractivity contribution in [1.29, 1.82) is 0 Å². The van der Waals surface area contributed by atoms with Gasteiger partial charge in [-0.1, -0.05) is 74.5 Å². The molecular weight excluding hydrogens is 428 g/mol. The van der Waals surface area contributed by atoms with Crippen LogP contribution in [0, 0.1) is 5.92 Å². The van der Waals surface area contributed by atoms with Gasteiger partial charge in [0.1, 0.15) is 25.3 Å². The Morgan fingerprint density at radius 3 is 1.82 bits per heavy atom. The molecule has 0 aliphatic carbocycles. The number of esters is 1. The predicted molar refractivity (Wildman–Crippen MR) is 119 cm³/mol. The summed E-state index contributed by atoms with van der Waals surface area (Å²) in [5.74, 6) is -3.28. The number of alkyl carbamates (subject to hydrolysis) is 1. The van der Waals surface area contributed by atoms with Gasteiger partial charge >= 0.3 is 18.0 Å². The highest BCUT2D eigenvalue weighted by atomic mass is 16.5. The summed E-state index contributed by atoms with van der Waals surface area (Å²) in [6.45, 7) is 3.38. The second-order valence-corrected chi connectivity index (χ2v) is 7.68. The van der Waals surface area contributed by atoms with Crippen LogP contribution in [0.5, 0.6) is 0 Å². The molecule has 0 heterocycles. The summed E-state index contributed by atoms with van der Waals surface area (Å²) in [4.78, 5) is 48.5. The highest BCUT2D eigenvalue weighted by Gasteiger charge is 2.30. The van der Waals surface area contributed by atoms with Crippen LogP contribution in [-0.4, -0.2) is 41.1 Å². The third kappa shape index (κ3) is 9.02. The molecule has 9 heteroatoms. The number of rotatable bonds is 11. The second kappa shape index (κ2) is 12.8. The van der Waals surface area contributed by atoms with E-state index < -0.39 is 42.4 Å². The molecule has 0 fully saturated rings. The van der Waals surface area contributed by atoms with Gasteiger partial charge in [0, 0.05) is 0 Å². The molecule has 2 aromatic rings. The normalized spacial score (nSPS) is 12.3. The highest BCUT2D eigenvalue weighted by Crippen LogP contribution is 2.07. The third-order valence-corrected chi connectivity index (χ3v) is 4.66. The average Bonchev–Trinajstić information content (AvgIpc) is 2.80. The number of hydrogen-bond acceptors (Lipinski definition) is 6. The van der Waals surface area contributed by atoms with Crippen molar-refractivity contribution in [2.24, 2.45) is 5.92 Å². The number of benzene rings is 2. The van der Waals surface area contributed by atoms with Gasteiger partial charge in [0.25, 0.3) is 0 Å². The summed E-state index contributed by atoms with van der Waals surface area (Å²) in [7, 11) is 0. The largest absolute Gasteiger partial charge is 0.480 e. The SMILES string of the molecule is CC(C)[C@H](NC(=O)OCc1ccccc1)C(=O)N[C@H](CC(=O)OCc1ccccc1)C(=O)O. The van der Waals surface area contributed by atoms with Crippen molar-refractivity contribution in [3.63, 3.8) is 0 Å². The van der Waals surface area contributed by atoms with Crippen LogP contribution in [0.3, 0.4) is 0 Å². The van der Waals surface area contributed by atoms with Crippen molar-refractivity contribution < 1.29 is 33.8 Å². The Hall–Kier alpha value is -3.88. The van der Waals surface area contributed by atoms with E-state index in [0.717, 1.165) is 11.1 Å². The van der Waals surface area contributed by atoms with Crippen molar-refractivity contribution in [1.82, 2.24) is 10.6 Å². The molecule has 2 rings (SSSR count). The Kier molecular flexibility index (Phi) is 9.88. The van der Waals surface area contributed by atoms with E-state index in [1.165, 1.54) is 0 Å². The van der Waals surface area contributed by atoms with Gasteiger partial charge in [-0.2, -0.15) is 0 Å². The summed E-state index contributed by atoms with van der Waals surface area (Å²) < 4.78 is 10.2. The number of nitrogens with one attached hydrogen (secondary N) is 2. The van der Waals surface area contributed by atoms with Crippen LogP contribution in [0.1, 0.15) is 31.4 Å². The van der Waals surface area contributed by atoms with E-state index in [9.17, 15) is 24.3 Å². The fraction of sp³-hybridized carbons (Fsp3) is 0.333. The van der Waals surface area contributed by atoms with E-state index in [0.29, 0.717) is 0 Å². The molecule has 0 aliphatic rings. The number of carbonyl (C=O) groups excluding carboxylic acids is 3. The van der Waals surface area contributed by atoms with E-state index >= 15 is 0 Å². The number of carboxylic acids is 1. The van der Waals surface area contributed by atoms with Crippen LogP contribution in [0.4, 0.5) is 4.79 Å². The lowest BCUT2D eigenvalue weighted by atomic mass is 10.0. The maximum atomic E-state index is 12.7. The zero-order chi connectivity index (χ0) is 24.2. The molecule has 0 unspecified atom stereocenters. The minimum absolute atomic E-state index is 0.0105. The van der Waals surface area contributed by atoms with Crippen LogP contribution in [0.25, 0.3) is 0 Å². The van der Waals surface area contributed by atoms with Gasteiger partial charge in [0.15, 0.2) is 0 Å². The lowest BCUT2D eigenvalue weighted by molar-refractivity contribution is -0.151. The maximum absolute atomic E-state index is 12.7. The van der Waals surface area contributed by atoms with Gasteiger partial charge < -0.3 is 25.2 Å². The number of ether oxygens (including phenoxy) is 2. The summed E-state index contributed by atoms with van der Waals surface area (Å²) in [5, 5.41) is 14.2. The lowest BCUT2D eigenvalue weighted by Crippen LogP contribution is -2.54. The molecule has 0 saturated heterocycles. The molecule has 33 heavy (non-hydrogen) atoms. The Bertz CT molecular complexity index is 932. The monoisotopic (exact) mass is 456 g/mol. The Balaban J connectivity index is 1.89. The first kappa shape index (κ1) is 25.4. The molecule has 0 spiro atoms. The van der Waals surface area contributed by atoms with Gasteiger partial charge in [-0.05, 0) is 17.0 Å². The van der Waals surface area contributed by atoms with Crippen molar-refractivity contribution in [2.75, 3.05) is 0 Å². The number of carboxylic acid groups (broad SMARTS) is 1. The molecule has 0 radical (unpaired) electrons. The fourth-order valence-electron chi connectivity index (χ4n) is 2.85. The first-order valence-electron chi connectivity index (χ1n) is 10.5. The van der Waals surface area contributed by atoms with Crippen LogP contribution >= 0.6 is 0 Å². The maximum Gasteiger partial charge on any atom is 0.408 e. The number of aliphatic carboxylic acids is 1. The zero-order valence-electron chi connectivity index (χ0n) is 18.5. The van der Waals surface area contributed by atoms with E-state index in [-0.39, 0.29) is 19.1 Å². The van der Waals surface area contributed by atoms with Gasteiger partial charge in [-0.15, -0.1) is 0 Å². The van der Waals surface area contributed by atoms with Crippen LogP contribution < -0.4 is 10.6 Å². The third-order valence-electron chi connectivity index (χ3n) is 4.66.